The second-order valence-electron chi connectivity index (χ2n) is 3.68. The van der Waals surface area contributed by atoms with Crippen LogP contribution in [0, 0.1) is 5.82 Å². The molecule has 5 nitrogen and oxygen atoms in total. The molecule has 2 N–H and O–H groups in total. The van der Waals surface area contributed by atoms with Crippen LogP contribution >= 0.6 is 27.3 Å². The number of anilines is 1. The monoisotopic (exact) mass is 379 g/mol. The molecule has 0 amide bonds. The van der Waals surface area contributed by atoms with Gasteiger partial charge in [-0.25, -0.2) is 17.6 Å². The molecule has 0 saturated carbocycles. The van der Waals surface area contributed by atoms with Crippen molar-refractivity contribution in [3.63, 3.8) is 0 Å². The Hall–Kier alpha value is -1.45. The third-order valence-electron chi connectivity index (χ3n) is 2.27. The maximum Gasteiger partial charge on any atom is 0.345 e. The number of thiophene rings is 1. The van der Waals surface area contributed by atoms with Gasteiger partial charge >= 0.3 is 5.97 Å². The number of rotatable bonds is 4. The molecular weight excluding hydrogens is 373 g/mol. The first-order chi connectivity index (χ1) is 9.29. The standard InChI is InChI=1S/C11H7BrFNO4S2/c12-6-1-2-8(13)9(3-6)14-20(17,18)7-4-10(11(15)16)19-5-7/h1-5,14H,(H,15,16). The van der Waals surface area contributed by atoms with E-state index in [1.807, 2.05) is 0 Å². The predicted octanol–water partition coefficient (Wildman–Crippen LogP) is 3.15. The summed E-state index contributed by atoms with van der Waals surface area (Å²) in [5, 5.41) is 9.95. The molecule has 0 radical (unpaired) electrons. The van der Waals surface area contributed by atoms with Crippen molar-refractivity contribution in [3.05, 3.63) is 44.8 Å². The number of sulfonamides is 1. The number of carbonyl (C=O) groups is 1. The zero-order valence-electron chi connectivity index (χ0n) is 9.63. The van der Waals surface area contributed by atoms with Crippen LogP contribution in [0.1, 0.15) is 9.67 Å². The van der Waals surface area contributed by atoms with Crippen LogP contribution in [0.15, 0.2) is 39.0 Å². The summed E-state index contributed by atoms with van der Waals surface area (Å²) >= 11 is 3.89. The molecule has 0 aliphatic heterocycles. The van der Waals surface area contributed by atoms with Crippen molar-refractivity contribution in [2.75, 3.05) is 4.72 Å². The quantitative estimate of drug-likeness (QED) is 0.854. The number of carboxylic acids is 1. The van der Waals surface area contributed by atoms with Crippen LogP contribution in [0.5, 0.6) is 0 Å². The highest BCUT2D eigenvalue weighted by atomic mass is 79.9. The molecule has 0 bridgehead atoms. The fourth-order valence-corrected chi connectivity index (χ4v) is 3.88. The van der Waals surface area contributed by atoms with Crippen molar-refractivity contribution in [1.82, 2.24) is 0 Å². The summed E-state index contributed by atoms with van der Waals surface area (Å²) in [5.41, 5.74) is -0.220. The highest BCUT2D eigenvalue weighted by Crippen LogP contribution is 2.25. The number of halogens is 2. The Labute approximate surface area is 126 Å². The summed E-state index contributed by atoms with van der Waals surface area (Å²) in [6.07, 6.45) is 0. The van der Waals surface area contributed by atoms with Crippen LogP contribution in [-0.4, -0.2) is 19.5 Å². The molecular formula is C11H7BrFNO4S2. The van der Waals surface area contributed by atoms with E-state index in [1.165, 1.54) is 17.5 Å². The van der Waals surface area contributed by atoms with Gasteiger partial charge in [0, 0.05) is 9.85 Å². The molecule has 9 heteroatoms. The lowest BCUT2D eigenvalue weighted by Gasteiger charge is -2.07. The molecule has 1 aromatic carbocycles. The fourth-order valence-electron chi connectivity index (χ4n) is 1.35. The molecule has 1 aromatic heterocycles. The summed E-state index contributed by atoms with van der Waals surface area (Å²) in [7, 11) is -4.03. The molecule has 0 spiro atoms. The van der Waals surface area contributed by atoms with E-state index in [9.17, 15) is 17.6 Å². The van der Waals surface area contributed by atoms with Crippen LogP contribution in [0.2, 0.25) is 0 Å². The van der Waals surface area contributed by atoms with E-state index in [1.54, 1.807) is 0 Å². The number of benzene rings is 1. The van der Waals surface area contributed by atoms with Gasteiger partial charge in [0.05, 0.1) is 10.6 Å². The first-order valence-electron chi connectivity index (χ1n) is 5.09. The second kappa shape index (κ2) is 5.51. The van der Waals surface area contributed by atoms with Gasteiger partial charge in [0.1, 0.15) is 10.7 Å². The summed E-state index contributed by atoms with van der Waals surface area (Å²) in [5.74, 6) is -1.95. The van der Waals surface area contributed by atoms with Gasteiger partial charge < -0.3 is 5.11 Å². The molecule has 1 heterocycles. The molecule has 0 saturated heterocycles. The largest absolute Gasteiger partial charge is 0.477 e. The molecule has 106 valence electrons. The van der Waals surface area contributed by atoms with Crippen LogP contribution in [0.25, 0.3) is 0 Å². The smallest absolute Gasteiger partial charge is 0.345 e. The van der Waals surface area contributed by atoms with Crippen molar-refractivity contribution in [1.29, 1.82) is 0 Å². The molecule has 0 fully saturated rings. The highest BCUT2D eigenvalue weighted by Gasteiger charge is 2.20. The van der Waals surface area contributed by atoms with Gasteiger partial charge in [0.2, 0.25) is 0 Å². The average molecular weight is 380 g/mol. The van der Waals surface area contributed by atoms with Crippen LogP contribution < -0.4 is 4.72 Å². The Morgan fingerprint density at radius 2 is 2.05 bits per heavy atom. The molecule has 0 atom stereocenters. The molecule has 0 aliphatic carbocycles. The zero-order chi connectivity index (χ0) is 14.9. The van der Waals surface area contributed by atoms with Crippen LogP contribution in [0.4, 0.5) is 10.1 Å². The zero-order valence-corrected chi connectivity index (χ0v) is 12.9. The van der Waals surface area contributed by atoms with Gasteiger partial charge in [-0.1, -0.05) is 15.9 Å². The number of hydrogen-bond acceptors (Lipinski definition) is 4. The Morgan fingerprint density at radius 3 is 2.65 bits per heavy atom. The van der Waals surface area contributed by atoms with Gasteiger partial charge in [-0.15, -0.1) is 11.3 Å². The summed E-state index contributed by atoms with van der Waals surface area (Å²) in [6, 6.07) is 4.83. The normalized spacial score (nSPS) is 11.3. The van der Waals surface area contributed by atoms with Gasteiger partial charge in [-0.05, 0) is 24.3 Å². The van der Waals surface area contributed by atoms with E-state index in [4.69, 9.17) is 5.11 Å². The lowest BCUT2D eigenvalue weighted by Crippen LogP contribution is -2.13. The number of aromatic carboxylic acids is 1. The summed E-state index contributed by atoms with van der Waals surface area (Å²) in [6.45, 7) is 0. The minimum atomic E-state index is -4.03. The first kappa shape index (κ1) is 14.9. The number of hydrogen-bond donors (Lipinski definition) is 2. The van der Waals surface area contributed by atoms with Crippen LogP contribution in [0.3, 0.4) is 0 Å². The van der Waals surface area contributed by atoms with Gasteiger partial charge in [0.15, 0.2) is 0 Å². The SMILES string of the molecule is O=C(O)c1cc(S(=O)(=O)Nc2cc(Br)ccc2F)cs1. The van der Waals surface area contributed by atoms with E-state index < -0.39 is 21.8 Å². The Balaban J connectivity index is 2.35. The Bertz CT molecular complexity index is 772. The molecule has 0 aliphatic rings. The van der Waals surface area contributed by atoms with Crippen molar-refractivity contribution in [2.24, 2.45) is 0 Å². The lowest BCUT2D eigenvalue weighted by atomic mass is 10.3. The van der Waals surface area contributed by atoms with Crippen molar-refractivity contribution >= 4 is 48.9 Å². The van der Waals surface area contributed by atoms with E-state index >= 15 is 0 Å². The minimum absolute atomic E-state index is 0.111. The number of carboxylic acid groups (broad SMARTS) is 1. The third-order valence-corrected chi connectivity index (χ3v) is 5.17. The first-order valence-corrected chi connectivity index (χ1v) is 8.25. The minimum Gasteiger partial charge on any atom is -0.477 e. The molecule has 2 aromatic rings. The maximum atomic E-state index is 13.5. The predicted molar refractivity (Wildman–Crippen MR) is 76.2 cm³/mol. The molecule has 2 rings (SSSR count). The summed E-state index contributed by atoms with van der Waals surface area (Å²) in [4.78, 5) is 10.4. The van der Waals surface area contributed by atoms with E-state index in [-0.39, 0.29) is 15.5 Å². The van der Waals surface area contributed by atoms with Crippen molar-refractivity contribution in [3.8, 4) is 0 Å². The summed E-state index contributed by atoms with van der Waals surface area (Å²) < 4.78 is 40.1. The fraction of sp³-hybridized carbons (Fsp3) is 0. The number of nitrogens with one attached hydrogen (secondary N) is 1. The van der Waals surface area contributed by atoms with E-state index in [0.29, 0.717) is 4.47 Å². The lowest BCUT2D eigenvalue weighted by molar-refractivity contribution is 0.0702. The van der Waals surface area contributed by atoms with Crippen molar-refractivity contribution in [2.45, 2.75) is 4.90 Å². The molecule has 0 unspecified atom stereocenters. The van der Waals surface area contributed by atoms with Crippen LogP contribution in [-0.2, 0) is 10.0 Å². The maximum absolute atomic E-state index is 13.5. The van der Waals surface area contributed by atoms with Crippen molar-refractivity contribution < 1.29 is 22.7 Å². The highest BCUT2D eigenvalue weighted by molar-refractivity contribution is 9.10. The Kier molecular flexibility index (Phi) is 4.11. The Morgan fingerprint density at radius 1 is 1.35 bits per heavy atom. The third kappa shape index (κ3) is 3.17. The topological polar surface area (TPSA) is 83.5 Å². The molecule has 20 heavy (non-hydrogen) atoms. The second-order valence-corrected chi connectivity index (χ2v) is 7.19. The van der Waals surface area contributed by atoms with E-state index in [2.05, 4.69) is 20.7 Å². The van der Waals surface area contributed by atoms with Gasteiger partial charge in [-0.2, -0.15) is 0 Å². The van der Waals surface area contributed by atoms with E-state index in [0.717, 1.165) is 23.5 Å². The van der Waals surface area contributed by atoms with Gasteiger partial charge in [0.25, 0.3) is 10.0 Å². The average Bonchev–Trinajstić information content (AvgIpc) is 2.84. The van der Waals surface area contributed by atoms with Gasteiger partial charge in [-0.3, -0.25) is 4.72 Å².